The first-order valence-electron chi connectivity index (χ1n) is 9.18. The van der Waals surface area contributed by atoms with Crippen LogP contribution < -0.4 is 5.32 Å². The van der Waals surface area contributed by atoms with Crippen LogP contribution in [0.25, 0.3) is 22.3 Å². The smallest absolute Gasteiger partial charge is 0.228 e. The van der Waals surface area contributed by atoms with Crippen LogP contribution in [0.1, 0.15) is 37.9 Å². The molecule has 1 aliphatic rings. The van der Waals surface area contributed by atoms with Crippen molar-refractivity contribution in [2.75, 3.05) is 5.32 Å². The highest BCUT2D eigenvalue weighted by Crippen LogP contribution is 2.26. The highest BCUT2D eigenvalue weighted by Gasteiger charge is 2.21. The first-order chi connectivity index (χ1) is 12.6. The van der Waals surface area contributed by atoms with Crippen LogP contribution in [-0.4, -0.2) is 25.4 Å². The lowest BCUT2D eigenvalue weighted by atomic mass is 9.89. The minimum Gasteiger partial charge on any atom is -0.330 e. The van der Waals surface area contributed by atoms with E-state index in [-0.39, 0.29) is 11.8 Å². The van der Waals surface area contributed by atoms with Crippen molar-refractivity contribution < 1.29 is 4.79 Å². The molecule has 4 rings (SSSR count). The summed E-state index contributed by atoms with van der Waals surface area (Å²) in [4.78, 5) is 25.9. The number of fused-ring (bicyclic) bond motifs is 1. The zero-order valence-electron chi connectivity index (χ0n) is 15.2. The van der Waals surface area contributed by atoms with Crippen LogP contribution in [0.2, 0.25) is 0 Å². The summed E-state index contributed by atoms with van der Waals surface area (Å²) >= 11 is 0. The lowest BCUT2D eigenvalue weighted by molar-refractivity contribution is -0.120. The molecule has 0 unspecified atom stereocenters. The summed E-state index contributed by atoms with van der Waals surface area (Å²) in [5.41, 5.74) is 2.64. The number of pyridine rings is 2. The fourth-order valence-electron chi connectivity index (χ4n) is 3.56. The second-order valence-electron chi connectivity index (χ2n) is 7.03. The Kier molecular flexibility index (Phi) is 4.41. The number of aromatic nitrogens is 4. The molecular weight excluding hydrogens is 326 g/mol. The molecule has 3 aromatic heterocycles. The summed E-state index contributed by atoms with van der Waals surface area (Å²) in [5, 5.41) is 3.92. The molecule has 1 N–H and O–H groups in total. The van der Waals surface area contributed by atoms with Gasteiger partial charge in [0.25, 0.3) is 0 Å². The Balaban J connectivity index is 1.61. The molecular formula is C20H23N5O. The highest BCUT2D eigenvalue weighted by molar-refractivity contribution is 5.93. The maximum Gasteiger partial charge on any atom is 0.228 e. The van der Waals surface area contributed by atoms with E-state index in [9.17, 15) is 4.79 Å². The van der Waals surface area contributed by atoms with Gasteiger partial charge >= 0.3 is 0 Å². The Morgan fingerprint density at radius 3 is 2.69 bits per heavy atom. The minimum absolute atomic E-state index is 0.0787. The van der Waals surface area contributed by atoms with Crippen LogP contribution in [0.3, 0.4) is 0 Å². The van der Waals surface area contributed by atoms with Crippen molar-refractivity contribution in [3.8, 4) is 11.4 Å². The number of hydrogen-bond acceptors (Lipinski definition) is 4. The van der Waals surface area contributed by atoms with E-state index in [4.69, 9.17) is 4.98 Å². The van der Waals surface area contributed by atoms with Crippen molar-refractivity contribution in [2.24, 2.45) is 13.0 Å². The molecule has 0 saturated heterocycles. The van der Waals surface area contributed by atoms with Gasteiger partial charge in [0.1, 0.15) is 11.6 Å². The molecule has 26 heavy (non-hydrogen) atoms. The number of rotatable bonds is 3. The molecule has 6 nitrogen and oxygen atoms in total. The lowest BCUT2D eigenvalue weighted by Gasteiger charge is -2.20. The Hall–Kier alpha value is -2.76. The molecule has 6 heteroatoms. The molecule has 1 saturated carbocycles. The molecule has 0 bridgehead atoms. The van der Waals surface area contributed by atoms with Gasteiger partial charge in [0, 0.05) is 30.6 Å². The monoisotopic (exact) mass is 349 g/mol. The zero-order chi connectivity index (χ0) is 18.1. The fourth-order valence-corrected chi connectivity index (χ4v) is 3.56. The molecule has 134 valence electrons. The third-order valence-corrected chi connectivity index (χ3v) is 5.28. The van der Waals surface area contributed by atoms with Crippen molar-refractivity contribution in [1.29, 1.82) is 0 Å². The molecule has 1 amide bonds. The molecule has 3 aromatic rings. The van der Waals surface area contributed by atoms with Crippen LogP contribution in [-0.2, 0) is 11.8 Å². The van der Waals surface area contributed by atoms with Gasteiger partial charge in [-0.1, -0.05) is 19.3 Å². The number of carbonyl (C=O) groups excluding carboxylic acids is 1. The van der Waals surface area contributed by atoms with E-state index >= 15 is 0 Å². The van der Waals surface area contributed by atoms with E-state index in [2.05, 4.69) is 15.3 Å². The average molecular weight is 349 g/mol. The quantitative estimate of drug-likeness (QED) is 0.779. The maximum absolute atomic E-state index is 12.5. The Labute approximate surface area is 152 Å². The van der Waals surface area contributed by atoms with E-state index in [1.165, 1.54) is 6.42 Å². The zero-order valence-corrected chi connectivity index (χ0v) is 15.2. The molecule has 0 atom stereocenters. The summed E-state index contributed by atoms with van der Waals surface area (Å²) in [6, 6.07) is 5.82. The van der Waals surface area contributed by atoms with Crippen LogP contribution in [0.5, 0.6) is 0 Å². The number of anilines is 1. The van der Waals surface area contributed by atoms with Crippen molar-refractivity contribution in [2.45, 2.75) is 39.0 Å². The van der Waals surface area contributed by atoms with Gasteiger partial charge in [0.2, 0.25) is 5.91 Å². The Bertz CT molecular complexity index is 956. The van der Waals surface area contributed by atoms with Crippen LogP contribution in [0.15, 0.2) is 30.6 Å². The fraction of sp³-hybridized carbons (Fsp3) is 0.400. The SMILES string of the molecule is Cc1ncc(-c2ccc3cnc(NC(=O)C4CCCCC4)cc3n2)n1C. The van der Waals surface area contributed by atoms with Gasteiger partial charge in [-0.05, 0) is 31.9 Å². The van der Waals surface area contributed by atoms with Gasteiger partial charge in [-0.15, -0.1) is 0 Å². The van der Waals surface area contributed by atoms with Crippen molar-refractivity contribution in [3.63, 3.8) is 0 Å². The third kappa shape index (κ3) is 3.19. The standard InChI is InChI=1S/C20H23N5O/c1-13-21-12-18(25(13)2)16-9-8-15-11-22-19(10-17(15)23-16)24-20(26)14-6-4-3-5-7-14/h8-12,14H,3-7H2,1-2H3,(H,22,24,26). The lowest BCUT2D eigenvalue weighted by Crippen LogP contribution is -2.25. The average Bonchev–Trinajstić information content (AvgIpc) is 3.00. The van der Waals surface area contributed by atoms with Gasteiger partial charge in [0.15, 0.2) is 0 Å². The number of amides is 1. The summed E-state index contributed by atoms with van der Waals surface area (Å²) < 4.78 is 2.01. The van der Waals surface area contributed by atoms with Gasteiger partial charge in [0.05, 0.1) is 23.1 Å². The number of aryl methyl sites for hydroxylation is 1. The predicted octanol–water partition coefficient (Wildman–Crippen LogP) is 3.86. The van der Waals surface area contributed by atoms with Crippen LogP contribution in [0.4, 0.5) is 5.82 Å². The molecule has 1 fully saturated rings. The topological polar surface area (TPSA) is 72.7 Å². The van der Waals surface area contributed by atoms with Crippen LogP contribution >= 0.6 is 0 Å². The highest BCUT2D eigenvalue weighted by atomic mass is 16.1. The summed E-state index contributed by atoms with van der Waals surface area (Å²) in [5.74, 6) is 1.70. The van der Waals surface area contributed by atoms with Gasteiger partial charge in [-0.3, -0.25) is 4.79 Å². The number of carbonyl (C=O) groups is 1. The third-order valence-electron chi connectivity index (χ3n) is 5.28. The number of nitrogens with one attached hydrogen (secondary N) is 1. The summed E-state index contributed by atoms with van der Waals surface area (Å²) in [6.07, 6.45) is 9.05. The largest absolute Gasteiger partial charge is 0.330 e. The molecule has 3 heterocycles. The minimum atomic E-state index is 0.0787. The van der Waals surface area contributed by atoms with Crippen molar-refractivity contribution in [3.05, 3.63) is 36.4 Å². The summed E-state index contributed by atoms with van der Waals surface area (Å²) in [6.45, 7) is 1.97. The molecule has 0 spiro atoms. The molecule has 0 radical (unpaired) electrons. The first-order valence-corrected chi connectivity index (χ1v) is 9.18. The van der Waals surface area contributed by atoms with Crippen molar-refractivity contribution >= 4 is 22.6 Å². The number of imidazole rings is 1. The van der Waals surface area contributed by atoms with Gasteiger partial charge in [-0.2, -0.15) is 0 Å². The normalized spacial score (nSPS) is 15.3. The second-order valence-corrected chi connectivity index (χ2v) is 7.03. The van der Waals surface area contributed by atoms with E-state index < -0.39 is 0 Å². The Morgan fingerprint density at radius 2 is 1.96 bits per heavy atom. The number of nitrogens with zero attached hydrogens (tertiary/aromatic N) is 4. The van der Waals surface area contributed by atoms with Gasteiger partial charge < -0.3 is 9.88 Å². The van der Waals surface area contributed by atoms with Crippen LogP contribution in [0, 0.1) is 12.8 Å². The first kappa shape index (κ1) is 16.7. The van der Waals surface area contributed by atoms with E-state index in [1.54, 1.807) is 6.20 Å². The van der Waals surface area contributed by atoms with Gasteiger partial charge in [-0.25, -0.2) is 15.0 Å². The van der Waals surface area contributed by atoms with E-state index in [0.29, 0.717) is 5.82 Å². The molecule has 0 aromatic carbocycles. The van der Waals surface area contributed by atoms with E-state index in [0.717, 1.165) is 53.8 Å². The number of hydrogen-bond donors (Lipinski definition) is 1. The van der Waals surface area contributed by atoms with Crippen molar-refractivity contribution in [1.82, 2.24) is 19.5 Å². The second kappa shape index (κ2) is 6.86. The maximum atomic E-state index is 12.5. The summed E-state index contributed by atoms with van der Waals surface area (Å²) in [7, 11) is 1.98. The molecule has 0 aliphatic heterocycles. The molecule has 1 aliphatic carbocycles. The predicted molar refractivity (Wildman–Crippen MR) is 102 cm³/mol. The van der Waals surface area contributed by atoms with E-state index in [1.807, 2.05) is 42.9 Å². The Morgan fingerprint density at radius 1 is 1.15 bits per heavy atom.